The van der Waals surface area contributed by atoms with Crippen molar-refractivity contribution in [1.29, 1.82) is 0 Å². The fourth-order valence-electron chi connectivity index (χ4n) is 2.10. The van der Waals surface area contributed by atoms with Gasteiger partial charge in [-0.25, -0.2) is 4.79 Å². The van der Waals surface area contributed by atoms with Crippen molar-refractivity contribution in [3.8, 4) is 0 Å². The Morgan fingerprint density at radius 2 is 1.78 bits per heavy atom. The van der Waals surface area contributed by atoms with Gasteiger partial charge in [0.15, 0.2) is 0 Å². The molecule has 0 radical (unpaired) electrons. The zero-order valence-electron chi connectivity index (χ0n) is 12.7. The number of nitrogens with one attached hydrogen (secondary N) is 1. The Morgan fingerprint density at radius 1 is 1.13 bits per heavy atom. The minimum atomic E-state index is -0.422. The zero-order valence-corrected chi connectivity index (χ0v) is 14.2. The van der Waals surface area contributed by atoms with E-state index in [-0.39, 0.29) is 12.3 Å². The van der Waals surface area contributed by atoms with Crippen LogP contribution in [0.25, 0.3) is 0 Å². The first-order valence-electron chi connectivity index (χ1n) is 6.84. The van der Waals surface area contributed by atoms with Crippen LogP contribution in [0, 0.1) is 6.92 Å². The second kappa shape index (κ2) is 7.49. The average molecular weight is 352 g/mol. The molecule has 0 aromatic heterocycles. The fraction of sp³-hybridized carbons (Fsp3) is 0.176. The summed E-state index contributed by atoms with van der Waals surface area (Å²) in [4.78, 5) is 23.7. The van der Waals surface area contributed by atoms with E-state index >= 15 is 0 Å². The highest BCUT2D eigenvalue weighted by Gasteiger charge is 2.13. The maximum absolute atomic E-state index is 12.2. The Labute approximate surface area is 144 Å². The summed E-state index contributed by atoms with van der Waals surface area (Å²) in [5.74, 6) is -0.664. The van der Waals surface area contributed by atoms with E-state index in [0.29, 0.717) is 26.9 Å². The first-order chi connectivity index (χ1) is 10.9. The molecule has 0 fully saturated rings. The van der Waals surface area contributed by atoms with Crippen LogP contribution < -0.4 is 5.32 Å². The second-order valence-electron chi connectivity index (χ2n) is 4.95. The molecule has 0 spiro atoms. The summed E-state index contributed by atoms with van der Waals surface area (Å²) in [5, 5.41) is 3.69. The third-order valence-corrected chi connectivity index (χ3v) is 4.03. The number of benzene rings is 2. The summed E-state index contributed by atoms with van der Waals surface area (Å²) in [5.41, 5.74) is 2.38. The minimum Gasteiger partial charge on any atom is -0.465 e. The lowest BCUT2D eigenvalue weighted by Gasteiger charge is -2.11. The second-order valence-corrected chi connectivity index (χ2v) is 5.76. The first-order valence-corrected chi connectivity index (χ1v) is 7.59. The van der Waals surface area contributed by atoms with Gasteiger partial charge in [0.2, 0.25) is 5.91 Å². The number of ether oxygens (including phenoxy) is 1. The van der Waals surface area contributed by atoms with Crippen molar-refractivity contribution in [1.82, 2.24) is 0 Å². The van der Waals surface area contributed by atoms with Crippen molar-refractivity contribution in [2.45, 2.75) is 13.3 Å². The average Bonchev–Trinajstić information content (AvgIpc) is 2.52. The normalized spacial score (nSPS) is 10.3. The van der Waals surface area contributed by atoms with Gasteiger partial charge in [-0.2, -0.15) is 0 Å². The van der Waals surface area contributed by atoms with Gasteiger partial charge in [-0.1, -0.05) is 29.3 Å². The topological polar surface area (TPSA) is 55.4 Å². The summed E-state index contributed by atoms with van der Waals surface area (Å²) >= 11 is 12.1. The molecule has 4 nitrogen and oxygen atoms in total. The largest absolute Gasteiger partial charge is 0.465 e. The van der Waals surface area contributed by atoms with E-state index in [4.69, 9.17) is 23.2 Å². The van der Waals surface area contributed by atoms with Gasteiger partial charge in [0.05, 0.1) is 19.1 Å². The predicted octanol–water partition coefficient (Wildman–Crippen LogP) is 4.27. The highest BCUT2D eigenvalue weighted by molar-refractivity contribution is 6.36. The molecule has 2 aromatic carbocycles. The van der Waals surface area contributed by atoms with Gasteiger partial charge in [0, 0.05) is 15.7 Å². The van der Waals surface area contributed by atoms with Crippen molar-refractivity contribution in [2.24, 2.45) is 0 Å². The highest BCUT2D eigenvalue weighted by Crippen LogP contribution is 2.25. The maximum Gasteiger partial charge on any atom is 0.337 e. The number of amides is 1. The quantitative estimate of drug-likeness (QED) is 0.836. The number of anilines is 1. The lowest BCUT2D eigenvalue weighted by molar-refractivity contribution is -0.115. The summed E-state index contributed by atoms with van der Waals surface area (Å²) in [6, 6.07) is 10.0. The molecule has 120 valence electrons. The molecule has 1 amide bonds. The summed E-state index contributed by atoms with van der Waals surface area (Å²) < 4.78 is 4.66. The van der Waals surface area contributed by atoms with Gasteiger partial charge in [-0.15, -0.1) is 0 Å². The Bertz CT molecular complexity index is 739. The number of aryl methyl sites for hydroxylation is 1. The van der Waals surface area contributed by atoms with Gasteiger partial charge in [-0.3, -0.25) is 4.79 Å². The van der Waals surface area contributed by atoms with Gasteiger partial charge >= 0.3 is 5.97 Å². The molecule has 0 unspecified atom stereocenters. The van der Waals surface area contributed by atoms with Crippen LogP contribution in [0.5, 0.6) is 0 Å². The van der Waals surface area contributed by atoms with E-state index in [1.54, 1.807) is 43.3 Å². The van der Waals surface area contributed by atoms with Crippen molar-refractivity contribution < 1.29 is 14.3 Å². The molecule has 0 bridgehead atoms. The molecule has 23 heavy (non-hydrogen) atoms. The molecule has 2 aromatic rings. The number of rotatable bonds is 4. The Kier molecular flexibility index (Phi) is 5.64. The minimum absolute atomic E-state index is 0.0662. The molecule has 0 aliphatic rings. The van der Waals surface area contributed by atoms with Crippen LogP contribution in [0.15, 0.2) is 36.4 Å². The molecule has 0 heterocycles. The number of carbonyl (C=O) groups excluding carboxylic acids is 2. The molecule has 2 rings (SSSR count). The number of halogens is 2. The summed E-state index contributed by atoms with van der Waals surface area (Å²) in [7, 11) is 1.32. The number of hydrogen-bond acceptors (Lipinski definition) is 3. The Morgan fingerprint density at radius 3 is 2.35 bits per heavy atom. The van der Waals surface area contributed by atoms with Crippen LogP contribution in [0.1, 0.15) is 21.5 Å². The SMILES string of the molecule is COC(=O)c1ccc(NC(=O)Cc2c(Cl)cccc2Cl)c(C)c1. The van der Waals surface area contributed by atoms with E-state index in [1.165, 1.54) is 7.11 Å². The van der Waals surface area contributed by atoms with Crippen molar-refractivity contribution in [2.75, 3.05) is 12.4 Å². The van der Waals surface area contributed by atoms with Gasteiger partial charge in [-0.05, 0) is 48.4 Å². The predicted molar refractivity (Wildman–Crippen MR) is 91.3 cm³/mol. The van der Waals surface area contributed by atoms with Gasteiger partial charge in [0.25, 0.3) is 0 Å². The molecular formula is C17H15Cl2NO3. The molecular weight excluding hydrogens is 337 g/mol. The van der Waals surface area contributed by atoms with Gasteiger partial charge in [0.1, 0.15) is 0 Å². The van der Waals surface area contributed by atoms with Crippen LogP contribution in [0.4, 0.5) is 5.69 Å². The lowest BCUT2D eigenvalue weighted by atomic mass is 10.1. The lowest BCUT2D eigenvalue weighted by Crippen LogP contribution is -2.16. The van der Waals surface area contributed by atoms with Crippen LogP contribution >= 0.6 is 23.2 Å². The van der Waals surface area contributed by atoms with Gasteiger partial charge < -0.3 is 10.1 Å². The third kappa shape index (κ3) is 4.24. The molecule has 0 aliphatic heterocycles. The van der Waals surface area contributed by atoms with Crippen molar-refractivity contribution in [3.05, 3.63) is 63.1 Å². The molecule has 0 atom stereocenters. The number of methoxy groups -OCH3 is 1. The fourth-order valence-corrected chi connectivity index (χ4v) is 2.64. The Hall–Kier alpha value is -2.04. The van der Waals surface area contributed by atoms with E-state index in [9.17, 15) is 9.59 Å². The van der Waals surface area contributed by atoms with Crippen molar-refractivity contribution >= 4 is 40.8 Å². The number of carbonyl (C=O) groups is 2. The number of esters is 1. The molecule has 1 N–H and O–H groups in total. The highest BCUT2D eigenvalue weighted by atomic mass is 35.5. The summed E-state index contributed by atoms with van der Waals surface area (Å²) in [6.45, 7) is 1.80. The third-order valence-electron chi connectivity index (χ3n) is 3.32. The molecule has 0 saturated heterocycles. The van der Waals surface area contributed by atoms with E-state index in [2.05, 4.69) is 10.1 Å². The van der Waals surface area contributed by atoms with E-state index < -0.39 is 5.97 Å². The van der Waals surface area contributed by atoms with E-state index in [0.717, 1.165) is 5.56 Å². The molecule has 0 saturated carbocycles. The van der Waals surface area contributed by atoms with Crippen LogP contribution in [-0.2, 0) is 16.0 Å². The van der Waals surface area contributed by atoms with Crippen LogP contribution in [0.2, 0.25) is 10.0 Å². The standard InChI is InChI=1S/C17H15Cl2NO3/c1-10-8-11(17(22)23-2)6-7-15(10)20-16(21)9-12-13(18)4-3-5-14(12)19/h3-8H,9H2,1-2H3,(H,20,21). The molecule has 0 aliphatic carbocycles. The molecule has 6 heteroatoms. The van der Waals surface area contributed by atoms with Crippen LogP contribution in [-0.4, -0.2) is 19.0 Å². The number of hydrogen-bond donors (Lipinski definition) is 1. The zero-order chi connectivity index (χ0) is 17.0. The van der Waals surface area contributed by atoms with Crippen LogP contribution in [0.3, 0.4) is 0 Å². The smallest absolute Gasteiger partial charge is 0.337 e. The summed E-state index contributed by atoms with van der Waals surface area (Å²) in [6.07, 6.45) is 0.0662. The maximum atomic E-state index is 12.2. The first kappa shape index (κ1) is 17.3. The Balaban J connectivity index is 2.13. The van der Waals surface area contributed by atoms with E-state index in [1.807, 2.05) is 0 Å². The monoisotopic (exact) mass is 351 g/mol. The van der Waals surface area contributed by atoms with Crippen molar-refractivity contribution in [3.63, 3.8) is 0 Å².